The van der Waals surface area contributed by atoms with Crippen LogP contribution in [0.25, 0.3) is 0 Å². The summed E-state index contributed by atoms with van der Waals surface area (Å²) in [6, 6.07) is 0. The van der Waals surface area contributed by atoms with Crippen molar-refractivity contribution in [3.63, 3.8) is 0 Å². The third-order valence-corrected chi connectivity index (χ3v) is 0.916. The van der Waals surface area contributed by atoms with Crippen LogP contribution in [-0.4, -0.2) is 0 Å². The van der Waals surface area contributed by atoms with Crippen LogP contribution < -0.4 is 0 Å². The topological polar surface area (TPSA) is 9.23 Å². The number of hydrogen-bond acceptors (Lipinski definition) is 1. The van der Waals surface area contributed by atoms with Gasteiger partial charge in [0.05, 0.1) is 0 Å². The molecule has 0 unspecified atom stereocenters. The van der Waals surface area contributed by atoms with Gasteiger partial charge in [-0.2, -0.15) is 17.6 Å². The van der Waals surface area contributed by atoms with Gasteiger partial charge >= 0.3 is 12.2 Å². The zero-order valence-electron chi connectivity index (χ0n) is 4.68. The molecule has 0 rings (SSSR count). The van der Waals surface area contributed by atoms with E-state index < -0.39 is 22.6 Å². The van der Waals surface area contributed by atoms with E-state index in [1.165, 1.54) is 0 Å². The summed E-state index contributed by atoms with van der Waals surface area (Å²) in [7, 11) is 0. The Labute approximate surface area is 68.8 Å². The van der Waals surface area contributed by atoms with Gasteiger partial charge in [-0.1, -0.05) is 0 Å². The van der Waals surface area contributed by atoms with E-state index in [2.05, 4.69) is 27.9 Å². The van der Waals surface area contributed by atoms with Crippen LogP contribution in [0.5, 0.6) is 0 Å². The zero-order chi connectivity index (χ0) is 9.02. The Balaban J connectivity index is 4.30. The lowest BCUT2D eigenvalue weighted by Crippen LogP contribution is -1.83. The van der Waals surface area contributed by atoms with Gasteiger partial charge in [0.2, 0.25) is 0 Å². The molecule has 0 bridgehead atoms. The second-order valence-electron chi connectivity index (χ2n) is 1.17. The molecule has 0 aliphatic heterocycles. The molecule has 0 aromatic carbocycles. The molecule has 0 saturated heterocycles. The lowest BCUT2D eigenvalue weighted by Gasteiger charge is -1.97. The Morgan fingerprint density at radius 1 is 0.818 bits per heavy atom. The molecule has 0 amide bonds. The van der Waals surface area contributed by atoms with E-state index in [0.29, 0.717) is 0 Å². The van der Waals surface area contributed by atoms with Crippen molar-refractivity contribution >= 4 is 23.2 Å². The van der Waals surface area contributed by atoms with E-state index in [-0.39, 0.29) is 0 Å². The summed E-state index contributed by atoms with van der Waals surface area (Å²) in [5, 5.41) is -2.94. The first kappa shape index (κ1) is 10.6. The van der Waals surface area contributed by atoms with Gasteiger partial charge in [0, 0.05) is 0 Å². The van der Waals surface area contributed by atoms with Gasteiger partial charge in [-0.05, 0) is 23.2 Å². The van der Waals surface area contributed by atoms with E-state index >= 15 is 0 Å². The van der Waals surface area contributed by atoms with Crippen molar-refractivity contribution in [1.29, 1.82) is 0 Å². The Morgan fingerprint density at radius 2 is 1.09 bits per heavy atom. The first-order valence-electron chi connectivity index (χ1n) is 2.04. The molecule has 0 atom stereocenters. The third kappa shape index (κ3) is 4.10. The predicted molar refractivity (Wildman–Crippen MR) is 31.3 cm³/mol. The fourth-order valence-electron chi connectivity index (χ4n) is 0.156. The standard InChI is InChI=1S/C4Cl2F4O/c5-1(3(7)8)11-2(6)4(9)10. The molecule has 0 aromatic rings. The first-order valence-corrected chi connectivity index (χ1v) is 2.80. The van der Waals surface area contributed by atoms with Crippen LogP contribution in [0.15, 0.2) is 22.6 Å². The smallest absolute Gasteiger partial charge is 0.324 e. The molecule has 0 radical (unpaired) electrons. The van der Waals surface area contributed by atoms with Gasteiger partial charge in [0.25, 0.3) is 10.4 Å². The molecule has 0 heterocycles. The summed E-state index contributed by atoms with van der Waals surface area (Å²) < 4.78 is 49.0. The predicted octanol–water partition coefficient (Wildman–Crippen LogP) is 3.61. The van der Waals surface area contributed by atoms with Crippen LogP contribution in [0, 0.1) is 0 Å². The maximum Gasteiger partial charge on any atom is 0.324 e. The Hall–Kier alpha value is -0.420. The highest BCUT2D eigenvalue weighted by molar-refractivity contribution is 6.31. The summed E-state index contributed by atoms with van der Waals surface area (Å²) >= 11 is 9.22. The monoisotopic (exact) mass is 210 g/mol. The van der Waals surface area contributed by atoms with Crippen molar-refractivity contribution in [3.05, 3.63) is 22.6 Å². The molecule has 0 fully saturated rings. The molecule has 11 heavy (non-hydrogen) atoms. The average Bonchev–Trinajstić information content (AvgIpc) is 1.87. The minimum atomic E-state index is -2.42. The molecule has 0 aliphatic rings. The normalized spacial score (nSPS) is 8.91. The van der Waals surface area contributed by atoms with Gasteiger partial charge < -0.3 is 4.74 Å². The van der Waals surface area contributed by atoms with Gasteiger partial charge in [0.15, 0.2) is 0 Å². The number of rotatable bonds is 2. The molecular weight excluding hydrogens is 211 g/mol. The lowest BCUT2D eigenvalue weighted by atomic mass is 11.0. The van der Waals surface area contributed by atoms with Gasteiger partial charge in [-0.15, -0.1) is 0 Å². The highest BCUT2D eigenvalue weighted by atomic mass is 35.5. The SMILES string of the molecule is FC(F)=C(Cl)OC(Cl)=C(F)F. The Kier molecular flexibility index (Phi) is 4.29. The highest BCUT2D eigenvalue weighted by Gasteiger charge is 2.10. The fraction of sp³-hybridized carbons (Fsp3) is 0. The van der Waals surface area contributed by atoms with Crippen LogP contribution in [0.3, 0.4) is 0 Å². The third-order valence-electron chi connectivity index (χ3n) is 0.476. The lowest BCUT2D eigenvalue weighted by molar-refractivity contribution is 0.275. The van der Waals surface area contributed by atoms with E-state index in [1.807, 2.05) is 0 Å². The molecule has 1 nitrogen and oxygen atoms in total. The summed E-state index contributed by atoms with van der Waals surface area (Å²) in [4.78, 5) is 0. The quantitative estimate of drug-likeness (QED) is 0.500. The maximum absolute atomic E-state index is 11.3. The molecule has 0 N–H and O–H groups in total. The van der Waals surface area contributed by atoms with Crippen LogP contribution in [0.1, 0.15) is 0 Å². The minimum absolute atomic E-state index is 1.47. The van der Waals surface area contributed by atoms with Crippen molar-refractivity contribution < 1.29 is 22.3 Å². The van der Waals surface area contributed by atoms with Crippen LogP contribution >= 0.6 is 23.2 Å². The summed E-state index contributed by atoms with van der Waals surface area (Å²) in [6.45, 7) is 0. The number of ether oxygens (including phenoxy) is 1. The van der Waals surface area contributed by atoms with Crippen molar-refractivity contribution in [1.82, 2.24) is 0 Å². The molecule has 0 saturated carbocycles. The van der Waals surface area contributed by atoms with Gasteiger partial charge in [-0.25, -0.2) is 0 Å². The minimum Gasteiger partial charge on any atom is -0.422 e. The fourth-order valence-corrected chi connectivity index (χ4v) is 0.350. The molecule has 0 spiro atoms. The number of hydrogen-bond donors (Lipinski definition) is 0. The van der Waals surface area contributed by atoms with Crippen LogP contribution in [0.4, 0.5) is 17.6 Å². The molecule has 7 heteroatoms. The van der Waals surface area contributed by atoms with Crippen molar-refractivity contribution in [2.24, 2.45) is 0 Å². The summed E-state index contributed by atoms with van der Waals surface area (Å²) in [5.74, 6) is 0. The van der Waals surface area contributed by atoms with Crippen molar-refractivity contribution in [3.8, 4) is 0 Å². The highest BCUT2D eigenvalue weighted by Crippen LogP contribution is 2.22. The van der Waals surface area contributed by atoms with Crippen molar-refractivity contribution in [2.45, 2.75) is 0 Å². The van der Waals surface area contributed by atoms with Gasteiger partial charge in [-0.3, -0.25) is 0 Å². The summed E-state index contributed by atoms with van der Waals surface area (Å²) in [5.41, 5.74) is 0. The maximum atomic E-state index is 11.3. The second-order valence-corrected chi connectivity index (χ2v) is 1.86. The van der Waals surface area contributed by atoms with E-state index in [1.54, 1.807) is 0 Å². The van der Waals surface area contributed by atoms with Crippen LogP contribution in [-0.2, 0) is 4.74 Å². The van der Waals surface area contributed by atoms with Crippen LogP contribution in [0.2, 0.25) is 0 Å². The summed E-state index contributed by atoms with van der Waals surface area (Å²) in [6.07, 6.45) is -4.85. The first-order chi connectivity index (χ1) is 4.95. The van der Waals surface area contributed by atoms with E-state index in [0.717, 1.165) is 0 Å². The Morgan fingerprint density at radius 3 is 1.27 bits per heavy atom. The Bertz CT molecular complexity index is 182. The second kappa shape index (κ2) is 4.46. The van der Waals surface area contributed by atoms with Gasteiger partial charge in [0.1, 0.15) is 0 Å². The van der Waals surface area contributed by atoms with Crippen molar-refractivity contribution in [2.75, 3.05) is 0 Å². The molecule has 0 aromatic heterocycles. The van der Waals surface area contributed by atoms with E-state index in [9.17, 15) is 17.6 Å². The zero-order valence-corrected chi connectivity index (χ0v) is 6.19. The molecule has 64 valence electrons. The molecular formula is C4Cl2F4O. The van der Waals surface area contributed by atoms with E-state index in [4.69, 9.17) is 0 Å². The number of halogens is 6. The largest absolute Gasteiger partial charge is 0.422 e. The molecule has 0 aliphatic carbocycles. The average molecular weight is 211 g/mol.